The standard InChI is InChI=1S/C19H19ClN2O5S/c1-3-22(4-2)28(24,25)13-9-10-15(20)14(11-13)19(23)26-12-18-21-16-7-5-6-8-17(16)27-18/h5-11H,3-4,12H2,1-2H3. The highest BCUT2D eigenvalue weighted by molar-refractivity contribution is 7.89. The number of esters is 1. The number of carbonyl (C=O) groups is 1. The van der Waals surface area contributed by atoms with Crippen LogP contribution in [0.5, 0.6) is 0 Å². The Morgan fingerprint density at radius 3 is 2.57 bits per heavy atom. The van der Waals surface area contributed by atoms with E-state index in [9.17, 15) is 13.2 Å². The summed E-state index contributed by atoms with van der Waals surface area (Å²) in [5.41, 5.74) is 1.20. The molecule has 0 radical (unpaired) electrons. The van der Waals surface area contributed by atoms with Crippen molar-refractivity contribution < 1.29 is 22.4 Å². The molecular formula is C19H19ClN2O5S. The molecule has 0 aliphatic heterocycles. The molecule has 2 aromatic carbocycles. The fourth-order valence-corrected chi connectivity index (χ4v) is 4.40. The molecule has 3 rings (SSSR count). The highest BCUT2D eigenvalue weighted by Crippen LogP contribution is 2.24. The van der Waals surface area contributed by atoms with Gasteiger partial charge >= 0.3 is 5.97 Å². The Morgan fingerprint density at radius 2 is 1.89 bits per heavy atom. The molecule has 28 heavy (non-hydrogen) atoms. The van der Waals surface area contributed by atoms with Gasteiger partial charge in [-0.2, -0.15) is 4.31 Å². The predicted molar refractivity (Wildman–Crippen MR) is 105 cm³/mol. The number of aromatic nitrogens is 1. The molecule has 1 aromatic heterocycles. The summed E-state index contributed by atoms with van der Waals surface area (Å²) in [5.74, 6) is -0.526. The number of sulfonamides is 1. The van der Waals surface area contributed by atoms with Crippen LogP contribution in [-0.2, 0) is 21.4 Å². The van der Waals surface area contributed by atoms with Gasteiger partial charge in [0.25, 0.3) is 0 Å². The maximum absolute atomic E-state index is 12.7. The lowest BCUT2D eigenvalue weighted by Gasteiger charge is -2.19. The van der Waals surface area contributed by atoms with E-state index in [4.69, 9.17) is 20.8 Å². The molecule has 9 heteroatoms. The maximum Gasteiger partial charge on any atom is 0.340 e. The van der Waals surface area contributed by atoms with E-state index in [-0.39, 0.29) is 28.0 Å². The van der Waals surface area contributed by atoms with Crippen LogP contribution in [0.15, 0.2) is 51.8 Å². The van der Waals surface area contributed by atoms with E-state index in [1.807, 2.05) is 12.1 Å². The first-order valence-electron chi connectivity index (χ1n) is 8.68. The number of fused-ring (bicyclic) bond motifs is 1. The average molecular weight is 423 g/mol. The summed E-state index contributed by atoms with van der Waals surface area (Å²) >= 11 is 6.09. The van der Waals surface area contributed by atoms with Crippen LogP contribution in [0, 0.1) is 0 Å². The molecule has 0 saturated carbocycles. The average Bonchev–Trinajstić information content (AvgIpc) is 3.10. The number of halogens is 1. The Hall–Kier alpha value is -2.42. The summed E-state index contributed by atoms with van der Waals surface area (Å²) in [6.45, 7) is 3.92. The van der Waals surface area contributed by atoms with Crippen molar-refractivity contribution in [1.82, 2.24) is 9.29 Å². The summed E-state index contributed by atoms with van der Waals surface area (Å²) in [6, 6.07) is 11.1. The van der Waals surface area contributed by atoms with Crippen LogP contribution in [0.2, 0.25) is 5.02 Å². The van der Waals surface area contributed by atoms with Crippen LogP contribution in [0.25, 0.3) is 11.1 Å². The molecule has 0 fully saturated rings. The summed E-state index contributed by atoms with van der Waals surface area (Å²) < 4.78 is 37.3. The molecule has 0 atom stereocenters. The zero-order valence-electron chi connectivity index (χ0n) is 15.4. The molecule has 0 saturated heterocycles. The Kier molecular flexibility index (Phi) is 6.02. The molecule has 7 nitrogen and oxygen atoms in total. The predicted octanol–water partition coefficient (Wildman–Crippen LogP) is 3.87. The van der Waals surface area contributed by atoms with Crippen LogP contribution in [0.1, 0.15) is 30.1 Å². The first-order valence-corrected chi connectivity index (χ1v) is 10.5. The second-order valence-corrected chi connectivity index (χ2v) is 8.23. The second kappa shape index (κ2) is 8.30. The van der Waals surface area contributed by atoms with Crippen molar-refractivity contribution >= 4 is 38.7 Å². The molecule has 3 aromatic rings. The van der Waals surface area contributed by atoms with Gasteiger partial charge in [0.2, 0.25) is 15.9 Å². The first kappa shape index (κ1) is 20.3. The van der Waals surface area contributed by atoms with E-state index in [1.165, 1.54) is 22.5 Å². The molecule has 148 valence electrons. The van der Waals surface area contributed by atoms with Crippen LogP contribution >= 0.6 is 11.6 Å². The Morgan fingerprint density at radius 1 is 1.18 bits per heavy atom. The maximum atomic E-state index is 12.7. The number of rotatable bonds is 7. The van der Waals surface area contributed by atoms with Gasteiger partial charge in [0.05, 0.1) is 15.5 Å². The van der Waals surface area contributed by atoms with Gasteiger partial charge in [-0.15, -0.1) is 0 Å². The van der Waals surface area contributed by atoms with E-state index in [0.29, 0.717) is 24.2 Å². The van der Waals surface area contributed by atoms with Crippen molar-refractivity contribution in [2.45, 2.75) is 25.3 Å². The normalized spacial score (nSPS) is 11.9. The molecule has 0 N–H and O–H groups in total. The van der Waals surface area contributed by atoms with E-state index >= 15 is 0 Å². The Labute approximate surface area is 167 Å². The molecule has 0 bridgehead atoms. The molecule has 0 aliphatic carbocycles. The number of carbonyl (C=O) groups excluding carboxylic acids is 1. The first-order chi connectivity index (χ1) is 13.4. The fourth-order valence-electron chi connectivity index (χ4n) is 2.72. The minimum Gasteiger partial charge on any atom is -0.452 e. The van der Waals surface area contributed by atoms with Crippen molar-refractivity contribution in [2.24, 2.45) is 0 Å². The third-order valence-corrected chi connectivity index (χ3v) is 6.54. The zero-order valence-corrected chi connectivity index (χ0v) is 17.0. The van der Waals surface area contributed by atoms with E-state index in [1.54, 1.807) is 26.0 Å². The molecule has 0 spiro atoms. The zero-order chi connectivity index (χ0) is 20.3. The number of hydrogen-bond acceptors (Lipinski definition) is 6. The number of hydrogen-bond donors (Lipinski definition) is 0. The van der Waals surface area contributed by atoms with Crippen LogP contribution in [0.3, 0.4) is 0 Å². The summed E-state index contributed by atoms with van der Waals surface area (Å²) in [5, 5.41) is 0.0982. The lowest BCUT2D eigenvalue weighted by Crippen LogP contribution is -2.30. The minimum atomic E-state index is -3.72. The highest BCUT2D eigenvalue weighted by atomic mass is 35.5. The smallest absolute Gasteiger partial charge is 0.340 e. The van der Waals surface area contributed by atoms with Crippen molar-refractivity contribution in [3.63, 3.8) is 0 Å². The van der Waals surface area contributed by atoms with Crippen molar-refractivity contribution in [1.29, 1.82) is 0 Å². The van der Waals surface area contributed by atoms with Gasteiger partial charge in [-0.3, -0.25) is 0 Å². The summed E-state index contributed by atoms with van der Waals surface area (Å²) in [6.07, 6.45) is 0. The van der Waals surface area contributed by atoms with E-state index in [2.05, 4.69) is 4.98 Å². The molecule has 0 unspecified atom stereocenters. The van der Waals surface area contributed by atoms with E-state index in [0.717, 1.165) is 0 Å². The van der Waals surface area contributed by atoms with Gasteiger partial charge in [-0.1, -0.05) is 37.6 Å². The van der Waals surface area contributed by atoms with Gasteiger partial charge in [-0.05, 0) is 30.3 Å². The molecule has 1 heterocycles. The van der Waals surface area contributed by atoms with Crippen LogP contribution < -0.4 is 0 Å². The lowest BCUT2D eigenvalue weighted by atomic mass is 10.2. The second-order valence-electron chi connectivity index (χ2n) is 5.88. The Bertz CT molecular complexity index is 1070. The van der Waals surface area contributed by atoms with E-state index < -0.39 is 16.0 Å². The summed E-state index contributed by atoms with van der Waals surface area (Å²) in [4.78, 5) is 16.7. The summed E-state index contributed by atoms with van der Waals surface area (Å²) in [7, 11) is -3.72. The molecule has 0 amide bonds. The number of para-hydroxylation sites is 2. The van der Waals surface area contributed by atoms with Gasteiger partial charge < -0.3 is 9.15 Å². The number of benzene rings is 2. The van der Waals surface area contributed by atoms with Crippen molar-refractivity contribution in [2.75, 3.05) is 13.1 Å². The molecule has 0 aliphatic rings. The minimum absolute atomic E-state index is 0.0191. The third-order valence-electron chi connectivity index (χ3n) is 4.17. The van der Waals surface area contributed by atoms with Gasteiger partial charge in [-0.25, -0.2) is 18.2 Å². The largest absolute Gasteiger partial charge is 0.452 e. The van der Waals surface area contributed by atoms with Gasteiger partial charge in [0.15, 0.2) is 12.2 Å². The van der Waals surface area contributed by atoms with Crippen molar-refractivity contribution in [3.8, 4) is 0 Å². The quantitative estimate of drug-likeness (QED) is 0.537. The lowest BCUT2D eigenvalue weighted by molar-refractivity contribution is 0.0440. The van der Waals surface area contributed by atoms with Gasteiger partial charge in [0, 0.05) is 13.1 Å². The Balaban J connectivity index is 1.81. The topological polar surface area (TPSA) is 89.7 Å². The number of oxazole rings is 1. The van der Waals surface area contributed by atoms with Gasteiger partial charge in [0.1, 0.15) is 5.52 Å². The number of ether oxygens (including phenoxy) is 1. The number of nitrogens with zero attached hydrogens (tertiary/aromatic N) is 2. The van der Waals surface area contributed by atoms with Crippen molar-refractivity contribution in [3.05, 3.63) is 58.9 Å². The monoisotopic (exact) mass is 422 g/mol. The van der Waals surface area contributed by atoms with Crippen LogP contribution in [0.4, 0.5) is 0 Å². The van der Waals surface area contributed by atoms with Crippen LogP contribution in [-0.4, -0.2) is 36.8 Å². The third kappa shape index (κ3) is 4.04. The SMILES string of the molecule is CCN(CC)S(=O)(=O)c1ccc(Cl)c(C(=O)OCc2nc3ccccc3o2)c1. The molecular weight excluding hydrogens is 404 g/mol. The highest BCUT2D eigenvalue weighted by Gasteiger charge is 2.24. The fraction of sp³-hybridized carbons (Fsp3) is 0.263.